The number of carbonyl (C=O) groups is 1. The highest BCUT2D eigenvalue weighted by molar-refractivity contribution is 5.61. The van der Waals surface area contributed by atoms with Gasteiger partial charge in [0.05, 0.1) is 0 Å². The lowest BCUT2D eigenvalue weighted by molar-refractivity contribution is 0.0537. The minimum absolute atomic E-state index is 0.140. The van der Waals surface area contributed by atoms with Crippen molar-refractivity contribution in [2.24, 2.45) is 0 Å². The van der Waals surface area contributed by atoms with Gasteiger partial charge in [-0.05, 0) is 6.92 Å². The van der Waals surface area contributed by atoms with Crippen LogP contribution < -0.4 is 4.84 Å². The average Bonchev–Trinajstić information content (AvgIpc) is 2.34. The van der Waals surface area contributed by atoms with Crippen LogP contribution in [0.4, 0.5) is 4.79 Å². The van der Waals surface area contributed by atoms with E-state index in [-0.39, 0.29) is 5.76 Å². The summed E-state index contributed by atoms with van der Waals surface area (Å²) >= 11 is 0. The molecule has 1 aromatic rings. The number of aromatic nitrogens is 1. The number of hydrogen-bond donors (Lipinski definition) is 2. The predicted octanol–water partition coefficient (Wildman–Crippen LogP) is 0.998. The van der Waals surface area contributed by atoms with E-state index < -0.39 is 17.9 Å². The molecule has 76 valence electrons. The van der Waals surface area contributed by atoms with Crippen LogP contribution in [0.15, 0.2) is 24.5 Å². The van der Waals surface area contributed by atoms with Gasteiger partial charge in [0.15, 0.2) is 0 Å². The monoisotopic (exact) mass is 199 g/mol. The van der Waals surface area contributed by atoms with E-state index in [1.807, 2.05) is 0 Å². The van der Waals surface area contributed by atoms with Crippen molar-refractivity contribution in [1.82, 2.24) is 4.73 Å². The van der Waals surface area contributed by atoms with Gasteiger partial charge in [0, 0.05) is 12.1 Å². The Labute approximate surface area is 79.6 Å². The molecule has 6 nitrogen and oxygen atoms in total. The predicted molar refractivity (Wildman–Crippen MR) is 45.6 cm³/mol. The second-order valence-corrected chi connectivity index (χ2v) is 2.49. The van der Waals surface area contributed by atoms with Gasteiger partial charge in [-0.15, -0.1) is 4.73 Å². The molecule has 0 amide bonds. The first kappa shape index (κ1) is 9.97. The Morgan fingerprint density at radius 2 is 1.93 bits per heavy atom. The maximum atomic E-state index is 10.9. The Balaban J connectivity index is 2.69. The normalized spacial score (nSPS) is 9.50. The number of rotatable bonds is 2. The molecule has 2 N–H and O–H groups in total. The highest BCUT2D eigenvalue weighted by atomic mass is 16.8. The zero-order chi connectivity index (χ0) is 10.7. The number of ether oxygens (including phenoxy) is 1. The van der Waals surface area contributed by atoms with Crippen molar-refractivity contribution in [3.63, 3.8) is 0 Å². The van der Waals surface area contributed by atoms with E-state index in [4.69, 9.17) is 10.2 Å². The van der Waals surface area contributed by atoms with E-state index in [2.05, 4.69) is 16.2 Å². The zero-order valence-corrected chi connectivity index (χ0v) is 7.43. The Morgan fingerprint density at radius 1 is 1.43 bits per heavy atom. The number of nitrogens with zero attached hydrogens (tertiary/aromatic N) is 1. The van der Waals surface area contributed by atoms with Crippen molar-refractivity contribution in [3.05, 3.63) is 24.5 Å². The zero-order valence-electron chi connectivity index (χ0n) is 7.43. The van der Waals surface area contributed by atoms with Crippen LogP contribution in [-0.4, -0.2) is 21.1 Å². The fourth-order valence-corrected chi connectivity index (χ4v) is 0.731. The van der Waals surface area contributed by atoms with Crippen LogP contribution in [0.1, 0.15) is 6.92 Å². The molecule has 1 aromatic heterocycles. The lowest BCUT2D eigenvalue weighted by Crippen LogP contribution is -2.19. The lowest BCUT2D eigenvalue weighted by Gasteiger charge is -2.06. The summed E-state index contributed by atoms with van der Waals surface area (Å²) in [5.41, 5.74) is 0. The third kappa shape index (κ3) is 2.19. The van der Waals surface area contributed by atoms with Crippen molar-refractivity contribution in [2.75, 3.05) is 0 Å². The van der Waals surface area contributed by atoms with Gasteiger partial charge in [0.1, 0.15) is 5.76 Å². The molecule has 0 fully saturated rings. The van der Waals surface area contributed by atoms with E-state index >= 15 is 0 Å². The lowest BCUT2D eigenvalue weighted by atomic mass is 10.6. The van der Waals surface area contributed by atoms with Gasteiger partial charge >= 0.3 is 6.16 Å². The first-order valence-electron chi connectivity index (χ1n) is 3.66. The standard InChI is InChI=1S/C8H9NO5/c1-5(2)13-8(12)14-9-6(10)3-4-7(9)11/h3-4,10-11H,1H2,2H3. The average molecular weight is 199 g/mol. The van der Waals surface area contributed by atoms with Gasteiger partial charge < -0.3 is 14.9 Å². The van der Waals surface area contributed by atoms with Crippen molar-refractivity contribution in [1.29, 1.82) is 0 Å². The molecule has 0 aliphatic heterocycles. The molecule has 0 aliphatic rings. The van der Waals surface area contributed by atoms with E-state index in [0.29, 0.717) is 4.73 Å². The second-order valence-electron chi connectivity index (χ2n) is 2.49. The Kier molecular flexibility index (Phi) is 2.66. The van der Waals surface area contributed by atoms with E-state index in [9.17, 15) is 4.79 Å². The first-order chi connectivity index (χ1) is 6.50. The molecule has 0 saturated carbocycles. The second kappa shape index (κ2) is 3.73. The van der Waals surface area contributed by atoms with Crippen LogP contribution in [0.25, 0.3) is 0 Å². The fourth-order valence-electron chi connectivity index (χ4n) is 0.731. The molecule has 0 unspecified atom stereocenters. The molecule has 0 atom stereocenters. The largest absolute Gasteiger partial charge is 0.539 e. The number of hydrogen-bond acceptors (Lipinski definition) is 5. The van der Waals surface area contributed by atoms with Crippen molar-refractivity contribution in [3.8, 4) is 11.8 Å². The van der Waals surface area contributed by atoms with Crippen LogP contribution in [0.2, 0.25) is 0 Å². The maximum Gasteiger partial charge on any atom is 0.539 e. The molecule has 1 heterocycles. The third-order valence-electron chi connectivity index (χ3n) is 1.22. The number of allylic oxidation sites excluding steroid dienone is 1. The third-order valence-corrected chi connectivity index (χ3v) is 1.22. The molecule has 0 aliphatic carbocycles. The van der Waals surface area contributed by atoms with E-state index in [0.717, 1.165) is 12.1 Å². The van der Waals surface area contributed by atoms with Gasteiger partial charge in [0.2, 0.25) is 11.8 Å². The molecule has 0 aromatic carbocycles. The van der Waals surface area contributed by atoms with Crippen molar-refractivity contribution < 1.29 is 24.6 Å². The summed E-state index contributed by atoms with van der Waals surface area (Å²) in [6.45, 7) is 4.77. The van der Waals surface area contributed by atoms with Crippen LogP contribution in [0.5, 0.6) is 11.8 Å². The molecule has 0 spiro atoms. The van der Waals surface area contributed by atoms with Crippen LogP contribution in [-0.2, 0) is 4.74 Å². The molecule has 1 rings (SSSR count). The van der Waals surface area contributed by atoms with Gasteiger partial charge in [-0.2, -0.15) is 0 Å². The van der Waals surface area contributed by atoms with Gasteiger partial charge in [-0.3, -0.25) is 4.84 Å². The summed E-state index contributed by atoms with van der Waals surface area (Å²) < 4.78 is 4.95. The number of carbonyl (C=O) groups excluding carboxylic acids is 1. The van der Waals surface area contributed by atoms with E-state index in [1.54, 1.807) is 0 Å². The van der Waals surface area contributed by atoms with Gasteiger partial charge in [-0.1, -0.05) is 6.58 Å². The molecular formula is C8H9NO5. The summed E-state index contributed by atoms with van der Waals surface area (Å²) in [5, 5.41) is 18.1. The van der Waals surface area contributed by atoms with Gasteiger partial charge in [-0.25, -0.2) is 4.79 Å². The smallest absolute Gasteiger partial charge is 0.492 e. The molecule has 0 bridgehead atoms. The molecule has 6 heteroatoms. The van der Waals surface area contributed by atoms with E-state index in [1.165, 1.54) is 6.92 Å². The summed E-state index contributed by atoms with van der Waals surface area (Å²) in [6.07, 6.45) is -1.10. The topological polar surface area (TPSA) is 80.9 Å². The Bertz CT molecular complexity index is 348. The minimum Gasteiger partial charge on any atom is -0.492 e. The SMILES string of the molecule is C=C(C)OC(=O)On1c(O)ccc1O. The summed E-state index contributed by atoms with van der Waals surface area (Å²) in [5.74, 6) is -0.691. The Hall–Kier alpha value is -2.11. The fraction of sp³-hybridized carbons (Fsp3) is 0.125. The first-order valence-corrected chi connectivity index (χ1v) is 3.66. The van der Waals surface area contributed by atoms with Gasteiger partial charge in [0.25, 0.3) is 0 Å². The Morgan fingerprint density at radius 3 is 2.36 bits per heavy atom. The molecule has 0 radical (unpaired) electrons. The highest BCUT2D eigenvalue weighted by Crippen LogP contribution is 2.18. The van der Waals surface area contributed by atoms with Crippen LogP contribution in [0.3, 0.4) is 0 Å². The molecule has 0 saturated heterocycles. The van der Waals surface area contributed by atoms with Crippen LogP contribution in [0, 0.1) is 0 Å². The van der Waals surface area contributed by atoms with Crippen molar-refractivity contribution in [2.45, 2.75) is 6.92 Å². The molecular weight excluding hydrogens is 190 g/mol. The summed E-state index contributed by atoms with van der Waals surface area (Å²) in [7, 11) is 0. The quantitative estimate of drug-likeness (QED) is 0.548. The highest BCUT2D eigenvalue weighted by Gasteiger charge is 2.12. The molecule has 14 heavy (non-hydrogen) atoms. The summed E-state index contributed by atoms with van der Waals surface area (Å²) in [4.78, 5) is 15.3. The van der Waals surface area contributed by atoms with Crippen molar-refractivity contribution >= 4 is 6.16 Å². The summed E-state index contributed by atoms with van der Waals surface area (Å²) in [6, 6.07) is 2.31. The minimum atomic E-state index is -1.10. The number of aromatic hydroxyl groups is 2. The maximum absolute atomic E-state index is 10.9. The van der Waals surface area contributed by atoms with Crippen LogP contribution >= 0.6 is 0 Å².